The van der Waals surface area contributed by atoms with Gasteiger partial charge in [0.15, 0.2) is 5.82 Å². The van der Waals surface area contributed by atoms with Crippen molar-refractivity contribution in [2.24, 2.45) is 11.7 Å². The monoisotopic (exact) mass is 408 g/mol. The molecule has 3 aromatic heterocycles. The summed E-state index contributed by atoms with van der Waals surface area (Å²) in [6.45, 7) is 0.239. The van der Waals surface area contributed by atoms with Crippen molar-refractivity contribution >= 4 is 17.4 Å². The Morgan fingerprint density at radius 2 is 1.97 bits per heavy atom. The number of aromatic nitrogens is 4. The first kappa shape index (κ1) is 19.1. The van der Waals surface area contributed by atoms with Crippen LogP contribution in [0.25, 0.3) is 17.2 Å². The van der Waals surface area contributed by atoms with Crippen molar-refractivity contribution in [1.29, 1.82) is 0 Å². The van der Waals surface area contributed by atoms with Crippen LogP contribution in [0.4, 0.5) is 23.4 Å². The fraction of sp³-hybridized carbons (Fsp3) is 0.333. The van der Waals surface area contributed by atoms with Gasteiger partial charge in [0.2, 0.25) is 5.91 Å². The summed E-state index contributed by atoms with van der Waals surface area (Å²) in [7, 11) is 0. The number of hydrogen-bond acceptors (Lipinski definition) is 5. The maximum atomic E-state index is 14.1. The van der Waals surface area contributed by atoms with E-state index in [1.54, 1.807) is 11.0 Å². The van der Waals surface area contributed by atoms with Crippen molar-refractivity contribution in [3.8, 4) is 11.5 Å². The van der Waals surface area contributed by atoms with Gasteiger partial charge in [0.25, 0.3) is 0 Å². The number of piperidine rings is 1. The van der Waals surface area contributed by atoms with Gasteiger partial charge in [0.05, 0.1) is 24.2 Å². The van der Waals surface area contributed by atoms with E-state index in [4.69, 9.17) is 5.73 Å². The van der Waals surface area contributed by atoms with Gasteiger partial charge in [0, 0.05) is 18.9 Å². The van der Waals surface area contributed by atoms with Crippen molar-refractivity contribution in [1.82, 2.24) is 19.4 Å². The zero-order valence-electron chi connectivity index (χ0n) is 15.0. The Morgan fingerprint density at radius 1 is 1.17 bits per heavy atom. The lowest BCUT2D eigenvalue weighted by Gasteiger charge is -2.34. The molecule has 0 bridgehead atoms. The molecule has 1 aliphatic heterocycles. The molecule has 0 aliphatic carbocycles. The van der Waals surface area contributed by atoms with E-state index in [2.05, 4.69) is 15.0 Å². The van der Waals surface area contributed by atoms with E-state index in [0.29, 0.717) is 11.5 Å². The summed E-state index contributed by atoms with van der Waals surface area (Å²) >= 11 is 0. The smallest absolute Gasteiger partial charge is 0.369 e. The fourth-order valence-corrected chi connectivity index (χ4v) is 3.39. The number of imidazole rings is 1. The van der Waals surface area contributed by atoms with E-state index in [1.165, 1.54) is 22.9 Å². The molecule has 29 heavy (non-hydrogen) atoms. The molecule has 0 saturated carbocycles. The van der Waals surface area contributed by atoms with Crippen molar-refractivity contribution in [2.75, 3.05) is 18.0 Å². The molecule has 2 atom stereocenters. The molecule has 1 aliphatic rings. The summed E-state index contributed by atoms with van der Waals surface area (Å²) in [6.07, 6.45) is -1.98. The number of nitrogens with two attached hydrogens (primary N) is 1. The summed E-state index contributed by atoms with van der Waals surface area (Å²) in [4.78, 5) is 25.6. The molecule has 0 radical (unpaired) electrons. The summed E-state index contributed by atoms with van der Waals surface area (Å²) in [5, 5.41) is 0. The van der Waals surface area contributed by atoms with Crippen LogP contribution in [0.1, 0.15) is 12.0 Å². The minimum Gasteiger partial charge on any atom is -0.369 e. The number of alkyl halides is 4. The standard InChI is InChI=1S/C18H16F4N6O/c19-12-5-10(16(23)29)7-27(9-12)15-3-4-24-17(26-15)13-6-25-14-2-1-11(8-28(13)14)18(20,21)22/h1-4,6,8,10,12H,5,7,9H2,(H2,23,29). The van der Waals surface area contributed by atoms with Crippen LogP contribution in [-0.2, 0) is 11.0 Å². The molecular formula is C18H16F4N6O. The second kappa shape index (κ2) is 6.98. The topological polar surface area (TPSA) is 89.4 Å². The van der Waals surface area contributed by atoms with Crippen molar-refractivity contribution in [3.05, 3.63) is 42.4 Å². The molecule has 2 N–H and O–H groups in total. The molecule has 4 rings (SSSR count). The molecule has 1 saturated heterocycles. The highest BCUT2D eigenvalue weighted by atomic mass is 19.4. The third-order valence-corrected chi connectivity index (χ3v) is 4.83. The predicted octanol–water partition coefficient (Wildman–Crippen LogP) is 2.46. The van der Waals surface area contributed by atoms with Crippen LogP contribution in [0.3, 0.4) is 0 Å². The number of pyridine rings is 1. The number of primary amides is 1. The van der Waals surface area contributed by atoms with Gasteiger partial charge in [0.1, 0.15) is 23.3 Å². The highest BCUT2D eigenvalue weighted by molar-refractivity contribution is 5.77. The summed E-state index contributed by atoms with van der Waals surface area (Å²) in [5.74, 6) is -0.758. The van der Waals surface area contributed by atoms with Gasteiger partial charge in [-0.25, -0.2) is 19.3 Å². The lowest BCUT2D eigenvalue weighted by atomic mass is 9.96. The Balaban J connectivity index is 1.71. The first-order chi connectivity index (χ1) is 13.7. The van der Waals surface area contributed by atoms with Crippen molar-refractivity contribution in [3.63, 3.8) is 0 Å². The third kappa shape index (κ3) is 3.71. The zero-order chi connectivity index (χ0) is 20.8. The minimum absolute atomic E-state index is 0.0333. The van der Waals surface area contributed by atoms with E-state index in [1.807, 2.05) is 0 Å². The first-order valence-electron chi connectivity index (χ1n) is 8.78. The number of anilines is 1. The van der Waals surface area contributed by atoms with Gasteiger partial charge in [-0.1, -0.05) is 0 Å². The highest BCUT2D eigenvalue weighted by Gasteiger charge is 2.32. The number of nitrogens with zero attached hydrogens (tertiary/aromatic N) is 5. The maximum Gasteiger partial charge on any atom is 0.417 e. The van der Waals surface area contributed by atoms with Crippen LogP contribution >= 0.6 is 0 Å². The number of hydrogen-bond donors (Lipinski definition) is 1. The Hall–Kier alpha value is -3.24. The molecular weight excluding hydrogens is 392 g/mol. The maximum absolute atomic E-state index is 14.1. The number of fused-ring (bicyclic) bond motifs is 1. The summed E-state index contributed by atoms with van der Waals surface area (Å²) in [5.41, 5.74) is 5.05. The van der Waals surface area contributed by atoms with Crippen LogP contribution in [0.2, 0.25) is 0 Å². The highest BCUT2D eigenvalue weighted by Crippen LogP contribution is 2.31. The van der Waals surface area contributed by atoms with Gasteiger partial charge in [-0.3, -0.25) is 9.20 Å². The second-order valence-electron chi connectivity index (χ2n) is 6.86. The Kier molecular flexibility index (Phi) is 4.59. The minimum atomic E-state index is -4.51. The predicted molar refractivity (Wildman–Crippen MR) is 95.6 cm³/mol. The number of rotatable bonds is 3. The van der Waals surface area contributed by atoms with E-state index in [-0.39, 0.29) is 31.0 Å². The van der Waals surface area contributed by atoms with Gasteiger partial charge >= 0.3 is 6.18 Å². The molecule has 1 amide bonds. The molecule has 3 aromatic rings. The molecule has 11 heteroatoms. The fourth-order valence-electron chi connectivity index (χ4n) is 3.39. The average molecular weight is 408 g/mol. The summed E-state index contributed by atoms with van der Waals surface area (Å²) < 4.78 is 54.5. The Morgan fingerprint density at radius 3 is 2.69 bits per heavy atom. The van der Waals surface area contributed by atoms with Gasteiger partial charge in [-0.15, -0.1) is 0 Å². The Bertz CT molecular complexity index is 1070. The number of amides is 1. The average Bonchev–Trinajstić information content (AvgIpc) is 3.10. The normalized spacial score (nSPS) is 20.2. The SMILES string of the molecule is NC(=O)C1CC(F)CN(c2ccnc(-c3cnc4ccc(C(F)(F)F)cn34)n2)C1. The van der Waals surface area contributed by atoms with E-state index >= 15 is 0 Å². The number of carbonyl (C=O) groups is 1. The van der Waals surface area contributed by atoms with Crippen LogP contribution < -0.4 is 10.6 Å². The third-order valence-electron chi connectivity index (χ3n) is 4.83. The molecule has 2 unspecified atom stereocenters. The number of carbonyl (C=O) groups excluding carboxylic acids is 1. The van der Waals surface area contributed by atoms with Crippen LogP contribution in [0.5, 0.6) is 0 Å². The van der Waals surface area contributed by atoms with E-state index < -0.39 is 29.7 Å². The first-order valence-corrected chi connectivity index (χ1v) is 8.78. The second-order valence-corrected chi connectivity index (χ2v) is 6.86. The number of halogens is 4. The quantitative estimate of drug-likeness (QED) is 0.673. The van der Waals surface area contributed by atoms with E-state index in [9.17, 15) is 22.4 Å². The van der Waals surface area contributed by atoms with Crippen LogP contribution in [0.15, 0.2) is 36.8 Å². The van der Waals surface area contributed by atoms with Gasteiger partial charge in [-0.05, 0) is 24.6 Å². The van der Waals surface area contributed by atoms with E-state index in [0.717, 1.165) is 12.3 Å². The van der Waals surface area contributed by atoms with Crippen molar-refractivity contribution in [2.45, 2.75) is 18.8 Å². The lowest BCUT2D eigenvalue weighted by Crippen LogP contribution is -2.46. The van der Waals surface area contributed by atoms with Gasteiger partial charge in [-0.2, -0.15) is 13.2 Å². The molecule has 152 valence electrons. The van der Waals surface area contributed by atoms with Gasteiger partial charge < -0.3 is 10.6 Å². The Labute approximate surface area is 162 Å². The molecule has 0 spiro atoms. The zero-order valence-corrected chi connectivity index (χ0v) is 15.0. The van der Waals surface area contributed by atoms with Crippen LogP contribution in [-0.4, -0.2) is 44.5 Å². The van der Waals surface area contributed by atoms with Crippen molar-refractivity contribution < 1.29 is 22.4 Å². The molecule has 0 aromatic carbocycles. The molecule has 1 fully saturated rings. The summed E-state index contributed by atoms with van der Waals surface area (Å²) in [6, 6.07) is 3.75. The molecule has 4 heterocycles. The molecule has 7 nitrogen and oxygen atoms in total. The van der Waals surface area contributed by atoms with Crippen LogP contribution in [0, 0.1) is 5.92 Å². The lowest BCUT2D eigenvalue weighted by molar-refractivity contribution is -0.137. The largest absolute Gasteiger partial charge is 0.417 e.